The standard InChI is InChI=1S/C15H9Cl2N3O3/c16-9-6-10(17)14(20(22)23)5-8(9)13-7-15(21)19-12-4-2-1-3-11(12)18-13/h1-6H,7H2,(H,19,21). The molecule has 0 aromatic heterocycles. The fraction of sp³-hybridized carbons (Fsp3) is 0.0667. The second kappa shape index (κ2) is 5.98. The van der Waals surface area contributed by atoms with Gasteiger partial charge in [-0.1, -0.05) is 35.3 Å². The Kier molecular flexibility index (Phi) is 4.02. The van der Waals surface area contributed by atoms with Gasteiger partial charge in [-0.2, -0.15) is 0 Å². The van der Waals surface area contributed by atoms with E-state index in [1.165, 1.54) is 12.1 Å². The fourth-order valence-corrected chi connectivity index (χ4v) is 2.82. The summed E-state index contributed by atoms with van der Waals surface area (Å²) in [4.78, 5) is 26.9. The molecule has 1 aliphatic rings. The summed E-state index contributed by atoms with van der Waals surface area (Å²) < 4.78 is 0. The van der Waals surface area contributed by atoms with Crippen LogP contribution in [0.5, 0.6) is 0 Å². The number of carbonyl (C=O) groups is 1. The van der Waals surface area contributed by atoms with Crippen molar-refractivity contribution < 1.29 is 9.72 Å². The number of hydrogen-bond donors (Lipinski definition) is 1. The van der Waals surface area contributed by atoms with E-state index >= 15 is 0 Å². The van der Waals surface area contributed by atoms with Crippen LogP contribution >= 0.6 is 23.2 Å². The van der Waals surface area contributed by atoms with Gasteiger partial charge in [-0.15, -0.1) is 0 Å². The Morgan fingerprint density at radius 2 is 1.91 bits per heavy atom. The number of anilines is 1. The molecular formula is C15H9Cl2N3O3. The number of nitrogens with one attached hydrogen (secondary N) is 1. The van der Waals surface area contributed by atoms with E-state index in [2.05, 4.69) is 10.3 Å². The normalized spacial score (nSPS) is 13.7. The highest BCUT2D eigenvalue weighted by Crippen LogP contribution is 2.34. The molecule has 0 bridgehead atoms. The molecule has 0 saturated heterocycles. The molecule has 0 atom stereocenters. The molecule has 0 saturated carbocycles. The number of hydrogen-bond acceptors (Lipinski definition) is 4. The predicted molar refractivity (Wildman–Crippen MR) is 89.0 cm³/mol. The van der Waals surface area contributed by atoms with E-state index < -0.39 is 4.92 Å². The second-order valence-electron chi connectivity index (χ2n) is 4.84. The van der Waals surface area contributed by atoms with Crippen molar-refractivity contribution in [2.45, 2.75) is 6.42 Å². The smallest absolute Gasteiger partial charge is 0.288 e. The first-order valence-corrected chi connectivity index (χ1v) is 7.31. The van der Waals surface area contributed by atoms with Crippen LogP contribution in [0.2, 0.25) is 10.0 Å². The predicted octanol–water partition coefficient (Wildman–Crippen LogP) is 4.36. The zero-order valence-corrected chi connectivity index (χ0v) is 13.1. The van der Waals surface area contributed by atoms with E-state index in [1.54, 1.807) is 24.3 Å². The van der Waals surface area contributed by atoms with Gasteiger partial charge in [-0.25, -0.2) is 0 Å². The molecule has 0 radical (unpaired) electrons. The van der Waals surface area contributed by atoms with E-state index in [-0.39, 0.29) is 28.1 Å². The van der Waals surface area contributed by atoms with Gasteiger partial charge in [0, 0.05) is 11.6 Å². The summed E-state index contributed by atoms with van der Waals surface area (Å²) in [5, 5.41) is 13.9. The maximum absolute atomic E-state index is 12.0. The molecular weight excluding hydrogens is 341 g/mol. The van der Waals surface area contributed by atoms with Crippen LogP contribution in [-0.2, 0) is 4.79 Å². The number of nitrogens with zero attached hydrogens (tertiary/aromatic N) is 2. The lowest BCUT2D eigenvalue weighted by Crippen LogP contribution is -2.15. The molecule has 2 aromatic rings. The van der Waals surface area contributed by atoms with Crippen molar-refractivity contribution >= 4 is 51.9 Å². The number of benzene rings is 2. The van der Waals surface area contributed by atoms with Crippen LogP contribution in [0.25, 0.3) is 0 Å². The minimum Gasteiger partial charge on any atom is -0.324 e. The second-order valence-corrected chi connectivity index (χ2v) is 5.66. The molecule has 6 nitrogen and oxygen atoms in total. The largest absolute Gasteiger partial charge is 0.324 e. The van der Waals surface area contributed by atoms with Crippen molar-refractivity contribution in [2.75, 3.05) is 5.32 Å². The van der Waals surface area contributed by atoms with Crippen molar-refractivity contribution in [3.63, 3.8) is 0 Å². The van der Waals surface area contributed by atoms with Crippen LogP contribution in [0.3, 0.4) is 0 Å². The first-order chi connectivity index (χ1) is 11.0. The summed E-state index contributed by atoms with van der Waals surface area (Å²) in [6.07, 6.45) is -0.0484. The molecule has 23 heavy (non-hydrogen) atoms. The molecule has 0 unspecified atom stereocenters. The van der Waals surface area contributed by atoms with E-state index in [9.17, 15) is 14.9 Å². The summed E-state index contributed by atoms with van der Waals surface area (Å²) >= 11 is 12.0. The third-order valence-electron chi connectivity index (χ3n) is 3.31. The number of carbonyl (C=O) groups excluding carboxylic acids is 1. The number of halogens is 2. The molecule has 0 aliphatic carbocycles. The van der Waals surface area contributed by atoms with Crippen LogP contribution in [-0.4, -0.2) is 16.5 Å². The molecule has 0 spiro atoms. The minimum absolute atomic E-state index is 0.0484. The van der Waals surface area contributed by atoms with Crippen LogP contribution in [0.1, 0.15) is 12.0 Å². The average Bonchev–Trinajstić information content (AvgIpc) is 2.64. The van der Waals surface area contributed by atoms with Crippen LogP contribution in [0, 0.1) is 10.1 Å². The molecule has 1 N–H and O–H groups in total. The Labute approximate surface area is 140 Å². The Balaban J connectivity index is 2.18. The lowest BCUT2D eigenvalue weighted by molar-refractivity contribution is -0.384. The first-order valence-electron chi connectivity index (χ1n) is 6.56. The van der Waals surface area contributed by atoms with Crippen molar-refractivity contribution in [1.29, 1.82) is 0 Å². The fourth-order valence-electron chi connectivity index (χ4n) is 2.26. The lowest BCUT2D eigenvalue weighted by atomic mass is 10.1. The van der Waals surface area contributed by atoms with Gasteiger partial charge in [0.2, 0.25) is 5.91 Å². The van der Waals surface area contributed by atoms with Crippen molar-refractivity contribution in [2.24, 2.45) is 4.99 Å². The number of aliphatic imine (C=N–C) groups is 1. The molecule has 8 heteroatoms. The van der Waals surface area contributed by atoms with E-state index in [1.807, 2.05) is 0 Å². The van der Waals surface area contributed by atoms with E-state index in [4.69, 9.17) is 23.2 Å². The van der Waals surface area contributed by atoms with E-state index in [0.29, 0.717) is 22.6 Å². The van der Waals surface area contributed by atoms with Crippen LogP contribution in [0.4, 0.5) is 17.1 Å². The first kappa shape index (κ1) is 15.5. The minimum atomic E-state index is -0.604. The summed E-state index contributed by atoms with van der Waals surface area (Å²) in [7, 11) is 0. The number of para-hydroxylation sites is 2. The maximum Gasteiger partial charge on any atom is 0.288 e. The zero-order chi connectivity index (χ0) is 16.6. The maximum atomic E-state index is 12.0. The number of rotatable bonds is 2. The monoisotopic (exact) mass is 349 g/mol. The Morgan fingerprint density at radius 3 is 2.65 bits per heavy atom. The highest BCUT2D eigenvalue weighted by atomic mass is 35.5. The topological polar surface area (TPSA) is 84.6 Å². The van der Waals surface area contributed by atoms with Crippen molar-refractivity contribution in [3.8, 4) is 0 Å². The van der Waals surface area contributed by atoms with Gasteiger partial charge >= 0.3 is 0 Å². The van der Waals surface area contributed by atoms with Crippen molar-refractivity contribution in [1.82, 2.24) is 0 Å². The molecule has 1 aliphatic heterocycles. The van der Waals surface area contributed by atoms with Gasteiger partial charge in [0.25, 0.3) is 5.69 Å². The number of amides is 1. The molecule has 3 rings (SSSR count). The summed E-state index contributed by atoms with van der Waals surface area (Å²) in [6, 6.07) is 9.55. The summed E-state index contributed by atoms with van der Waals surface area (Å²) in [6.45, 7) is 0. The Morgan fingerprint density at radius 1 is 1.17 bits per heavy atom. The average molecular weight is 350 g/mol. The highest BCUT2D eigenvalue weighted by Gasteiger charge is 2.23. The molecule has 1 amide bonds. The van der Waals surface area contributed by atoms with E-state index in [0.717, 1.165) is 0 Å². The molecule has 116 valence electrons. The summed E-state index contributed by atoms with van der Waals surface area (Å²) in [5.74, 6) is -0.276. The Hall–Kier alpha value is -2.44. The lowest BCUT2D eigenvalue weighted by Gasteiger charge is -2.07. The number of fused-ring (bicyclic) bond motifs is 1. The van der Waals surface area contributed by atoms with Crippen molar-refractivity contribution in [3.05, 3.63) is 62.1 Å². The molecule has 0 fully saturated rings. The third kappa shape index (κ3) is 3.04. The number of nitro groups is 1. The Bertz CT molecular complexity index is 865. The van der Waals surface area contributed by atoms with Crippen LogP contribution in [0.15, 0.2) is 41.4 Å². The highest BCUT2D eigenvalue weighted by molar-refractivity contribution is 6.38. The van der Waals surface area contributed by atoms with Gasteiger partial charge in [0.1, 0.15) is 5.02 Å². The van der Waals surface area contributed by atoms with Crippen LogP contribution < -0.4 is 5.32 Å². The quantitative estimate of drug-likeness (QED) is 0.645. The van der Waals surface area contributed by atoms with Gasteiger partial charge in [-0.3, -0.25) is 19.9 Å². The molecule has 2 aromatic carbocycles. The molecule has 1 heterocycles. The number of nitro benzene ring substituents is 1. The SMILES string of the molecule is O=C1CC(c2cc([N+](=O)[O-])c(Cl)cc2Cl)=Nc2ccccc2N1. The summed E-state index contributed by atoms with van der Waals surface area (Å²) in [5.41, 5.74) is 1.51. The van der Waals surface area contributed by atoms with Gasteiger partial charge in [0.15, 0.2) is 0 Å². The zero-order valence-electron chi connectivity index (χ0n) is 11.5. The van der Waals surface area contributed by atoms with Gasteiger partial charge in [0.05, 0.1) is 33.5 Å². The third-order valence-corrected chi connectivity index (χ3v) is 3.92. The van der Waals surface area contributed by atoms with Gasteiger partial charge < -0.3 is 5.32 Å². The van der Waals surface area contributed by atoms with Gasteiger partial charge in [-0.05, 0) is 18.2 Å².